The van der Waals surface area contributed by atoms with Crippen LogP contribution in [0.25, 0.3) is 0 Å². The van der Waals surface area contributed by atoms with Crippen molar-refractivity contribution in [2.24, 2.45) is 5.73 Å². The topological polar surface area (TPSA) is 92.4 Å². The summed E-state index contributed by atoms with van der Waals surface area (Å²) in [4.78, 5) is 22.3. The number of nitrogens with two attached hydrogens (primary N) is 1. The van der Waals surface area contributed by atoms with Gasteiger partial charge in [-0.2, -0.15) is 0 Å². The van der Waals surface area contributed by atoms with Crippen LogP contribution in [0.5, 0.6) is 0 Å². The highest BCUT2D eigenvalue weighted by Crippen LogP contribution is 2.11. The van der Waals surface area contributed by atoms with Gasteiger partial charge in [-0.1, -0.05) is 12.1 Å². The van der Waals surface area contributed by atoms with Gasteiger partial charge >= 0.3 is 5.97 Å². The van der Waals surface area contributed by atoms with E-state index in [0.29, 0.717) is 12.1 Å². The maximum Gasteiger partial charge on any atom is 0.335 e. The molecule has 1 aromatic rings. The maximum absolute atomic E-state index is 11.6. The first-order valence-corrected chi connectivity index (χ1v) is 5.05. The SMILES string of the molecule is C=CCC(N)C(=O)Nc1cccc(C(=O)O)c1. The van der Waals surface area contributed by atoms with Crippen LogP contribution < -0.4 is 11.1 Å². The fourth-order valence-corrected chi connectivity index (χ4v) is 1.25. The monoisotopic (exact) mass is 234 g/mol. The van der Waals surface area contributed by atoms with Crippen LogP contribution in [0.4, 0.5) is 5.69 Å². The highest BCUT2D eigenvalue weighted by atomic mass is 16.4. The Balaban J connectivity index is 2.74. The van der Waals surface area contributed by atoms with Gasteiger partial charge in [0.05, 0.1) is 11.6 Å². The first-order chi connectivity index (χ1) is 8.04. The van der Waals surface area contributed by atoms with Crippen molar-refractivity contribution in [1.29, 1.82) is 0 Å². The van der Waals surface area contributed by atoms with E-state index in [-0.39, 0.29) is 11.5 Å². The molecule has 17 heavy (non-hydrogen) atoms. The highest BCUT2D eigenvalue weighted by molar-refractivity contribution is 5.96. The van der Waals surface area contributed by atoms with E-state index in [1.165, 1.54) is 12.1 Å². The summed E-state index contributed by atoms with van der Waals surface area (Å²) in [6, 6.07) is 5.30. The van der Waals surface area contributed by atoms with E-state index in [4.69, 9.17) is 10.8 Å². The second-order valence-electron chi connectivity index (χ2n) is 3.51. The molecule has 90 valence electrons. The number of amides is 1. The maximum atomic E-state index is 11.6. The lowest BCUT2D eigenvalue weighted by atomic mass is 10.1. The molecule has 0 radical (unpaired) electrons. The lowest BCUT2D eigenvalue weighted by molar-refractivity contribution is -0.117. The normalized spacial score (nSPS) is 11.6. The number of nitrogens with one attached hydrogen (secondary N) is 1. The summed E-state index contributed by atoms with van der Waals surface area (Å²) in [5, 5.41) is 11.3. The molecule has 0 bridgehead atoms. The number of hydrogen-bond donors (Lipinski definition) is 3. The second-order valence-corrected chi connectivity index (χ2v) is 3.51. The zero-order valence-corrected chi connectivity index (χ0v) is 9.22. The number of anilines is 1. The third-order valence-electron chi connectivity index (χ3n) is 2.13. The third kappa shape index (κ3) is 3.73. The Kier molecular flexibility index (Phi) is 4.42. The standard InChI is InChI=1S/C12H14N2O3/c1-2-4-10(13)11(15)14-9-6-3-5-8(7-9)12(16)17/h2-3,5-7,10H,1,4,13H2,(H,14,15)(H,16,17). The molecule has 0 aliphatic rings. The average Bonchev–Trinajstić information content (AvgIpc) is 2.29. The van der Waals surface area contributed by atoms with E-state index >= 15 is 0 Å². The van der Waals surface area contributed by atoms with Gasteiger partial charge in [0, 0.05) is 5.69 Å². The minimum Gasteiger partial charge on any atom is -0.478 e. The van der Waals surface area contributed by atoms with Gasteiger partial charge in [-0.25, -0.2) is 4.79 Å². The van der Waals surface area contributed by atoms with Gasteiger partial charge in [0.15, 0.2) is 0 Å². The highest BCUT2D eigenvalue weighted by Gasteiger charge is 2.12. The number of carbonyl (C=O) groups is 2. The predicted octanol–water partition coefficient (Wildman–Crippen LogP) is 1.23. The summed E-state index contributed by atoms with van der Waals surface area (Å²) in [6.07, 6.45) is 1.92. The van der Waals surface area contributed by atoms with E-state index in [1.807, 2.05) is 0 Å². The number of rotatable bonds is 5. The molecule has 1 amide bonds. The van der Waals surface area contributed by atoms with Crippen LogP contribution in [0, 0.1) is 0 Å². The van der Waals surface area contributed by atoms with E-state index in [9.17, 15) is 9.59 Å². The molecule has 0 saturated carbocycles. The molecule has 0 fully saturated rings. The van der Waals surface area contributed by atoms with Gasteiger partial charge in [0.2, 0.25) is 5.91 Å². The van der Waals surface area contributed by atoms with Crippen molar-refractivity contribution in [3.05, 3.63) is 42.5 Å². The van der Waals surface area contributed by atoms with Crippen molar-refractivity contribution in [2.75, 3.05) is 5.32 Å². The van der Waals surface area contributed by atoms with Crippen molar-refractivity contribution in [3.8, 4) is 0 Å². The molecule has 0 spiro atoms. The van der Waals surface area contributed by atoms with Crippen molar-refractivity contribution in [3.63, 3.8) is 0 Å². The van der Waals surface area contributed by atoms with E-state index in [1.54, 1.807) is 18.2 Å². The van der Waals surface area contributed by atoms with E-state index in [2.05, 4.69) is 11.9 Å². The molecule has 0 aliphatic heterocycles. The van der Waals surface area contributed by atoms with Gasteiger partial charge in [0.25, 0.3) is 0 Å². The Bertz CT molecular complexity index is 443. The van der Waals surface area contributed by atoms with Gasteiger partial charge in [-0.05, 0) is 24.6 Å². The molecule has 1 aromatic carbocycles. The zero-order chi connectivity index (χ0) is 12.8. The summed E-state index contributed by atoms with van der Waals surface area (Å²) in [6.45, 7) is 3.49. The molecule has 0 heterocycles. The fraction of sp³-hybridized carbons (Fsp3) is 0.167. The summed E-state index contributed by atoms with van der Waals surface area (Å²) in [5.41, 5.74) is 6.10. The Hall–Kier alpha value is -2.14. The molecule has 1 rings (SSSR count). The van der Waals surface area contributed by atoms with Gasteiger partial charge in [-0.15, -0.1) is 6.58 Å². The Morgan fingerprint density at radius 3 is 2.82 bits per heavy atom. The Morgan fingerprint density at radius 2 is 2.24 bits per heavy atom. The molecule has 0 aliphatic carbocycles. The molecule has 0 aromatic heterocycles. The van der Waals surface area contributed by atoms with Crippen LogP contribution in [-0.4, -0.2) is 23.0 Å². The molecule has 0 saturated heterocycles. The predicted molar refractivity (Wildman–Crippen MR) is 64.8 cm³/mol. The molecular weight excluding hydrogens is 220 g/mol. The molecule has 5 nitrogen and oxygen atoms in total. The van der Waals surface area contributed by atoms with E-state index in [0.717, 1.165) is 0 Å². The third-order valence-corrected chi connectivity index (χ3v) is 2.13. The van der Waals surface area contributed by atoms with Crippen LogP contribution in [0.2, 0.25) is 0 Å². The lowest BCUT2D eigenvalue weighted by Gasteiger charge is -2.10. The quantitative estimate of drug-likeness (QED) is 0.668. The number of carboxylic acids is 1. The minimum atomic E-state index is -1.04. The van der Waals surface area contributed by atoms with Crippen LogP contribution in [0.1, 0.15) is 16.8 Å². The first-order valence-electron chi connectivity index (χ1n) is 5.05. The number of aromatic carboxylic acids is 1. The second kappa shape index (κ2) is 5.81. The van der Waals surface area contributed by atoms with Gasteiger partial charge < -0.3 is 16.2 Å². The van der Waals surface area contributed by atoms with Crippen molar-refractivity contribution in [2.45, 2.75) is 12.5 Å². The molecule has 4 N–H and O–H groups in total. The lowest BCUT2D eigenvalue weighted by Crippen LogP contribution is -2.35. The van der Waals surface area contributed by atoms with Crippen LogP contribution in [0.15, 0.2) is 36.9 Å². The molecule has 5 heteroatoms. The largest absolute Gasteiger partial charge is 0.478 e. The Labute approximate surface area is 98.9 Å². The van der Waals surface area contributed by atoms with Crippen LogP contribution >= 0.6 is 0 Å². The summed E-state index contributed by atoms with van der Waals surface area (Å²) < 4.78 is 0. The van der Waals surface area contributed by atoms with Crippen molar-refractivity contribution in [1.82, 2.24) is 0 Å². The summed E-state index contributed by atoms with van der Waals surface area (Å²) in [7, 11) is 0. The van der Waals surface area contributed by atoms with Gasteiger partial charge in [-0.3, -0.25) is 4.79 Å². The van der Waals surface area contributed by atoms with Gasteiger partial charge in [0.1, 0.15) is 0 Å². The first kappa shape index (κ1) is 12.9. The van der Waals surface area contributed by atoms with Crippen molar-refractivity contribution >= 4 is 17.6 Å². The molecule has 1 unspecified atom stereocenters. The average molecular weight is 234 g/mol. The fourth-order valence-electron chi connectivity index (χ4n) is 1.25. The smallest absolute Gasteiger partial charge is 0.335 e. The number of carbonyl (C=O) groups excluding carboxylic acids is 1. The Morgan fingerprint density at radius 1 is 1.53 bits per heavy atom. The zero-order valence-electron chi connectivity index (χ0n) is 9.22. The van der Waals surface area contributed by atoms with Crippen LogP contribution in [-0.2, 0) is 4.79 Å². The van der Waals surface area contributed by atoms with Crippen molar-refractivity contribution < 1.29 is 14.7 Å². The number of benzene rings is 1. The van der Waals surface area contributed by atoms with Crippen LogP contribution in [0.3, 0.4) is 0 Å². The summed E-state index contributed by atoms with van der Waals surface area (Å²) >= 11 is 0. The van der Waals surface area contributed by atoms with E-state index < -0.39 is 12.0 Å². The number of hydrogen-bond acceptors (Lipinski definition) is 3. The number of carboxylic acid groups (broad SMARTS) is 1. The molecular formula is C12H14N2O3. The molecule has 1 atom stereocenters. The minimum absolute atomic E-state index is 0.111. The summed E-state index contributed by atoms with van der Waals surface area (Å²) in [5.74, 6) is -1.41.